The highest BCUT2D eigenvalue weighted by molar-refractivity contribution is 5.47. The van der Waals surface area contributed by atoms with Crippen molar-refractivity contribution in [3.05, 3.63) is 29.8 Å². The molecule has 1 aliphatic carbocycles. The van der Waals surface area contributed by atoms with Gasteiger partial charge in [-0.25, -0.2) is 0 Å². The Hall–Kier alpha value is -1.02. The maximum absolute atomic E-state index is 9.68. The Bertz CT molecular complexity index is 360. The van der Waals surface area contributed by atoms with E-state index >= 15 is 0 Å². The van der Waals surface area contributed by atoms with E-state index in [2.05, 4.69) is 43.4 Å². The van der Waals surface area contributed by atoms with E-state index in [1.54, 1.807) is 0 Å². The maximum atomic E-state index is 9.68. The summed E-state index contributed by atoms with van der Waals surface area (Å²) in [5, 5.41) is 13.2. The van der Waals surface area contributed by atoms with Crippen molar-refractivity contribution in [1.29, 1.82) is 0 Å². The lowest BCUT2D eigenvalue weighted by atomic mass is 9.95. The SMILES string of the molecule is CCC1CCC(CO)(Nc2ccc(C)cc2)C1. The Morgan fingerprint density at radius 3 is 2.59 bits per heavy atom. The summed E-state index contributed by atoms with van der Waals surface area (Å²) in [5.74, 6) is 0.764. The van der Waals surface area contributed by atoms with Crippen molar-refractivity contribution in [2.75, 3.05) is 11.9 Å². The number of rotatable bonds is 4. The molecular formula is C15H23NO. The third kappa shape index (κ3) is 2.81. The van der Waals surface area contributed by atoms with Crippen LogP contribution >= 0.6 is 0 Å². The molecule has 0 amide bonds. The standard InChI is InChI=1S/C15H23NO/c1-3-13-8-9-15(10-13,11-17)16-14-6-4-12(2)5-7-14/h4-7,13,16-17H,3,8-11H2,1-2H3. The molecule has 0 spiro atoms. The first kappa shape index (κ1) is 12.4. The lowest BCUT2D eigenvalue weighted by Gasteiger charge is -2.30. The molecule has 0 aliphatic heterocycles. The highest BCUT2D eigenvalue weighted by Gasteiger charge is 2.37. The molecule has 1 aromatic rings. The second kappa shape index (κ2) is 5.09. The molecule has 0 radical (unpaired) electrons. The topological polar surface area (TPSA) is 32.3 Å². The van der Waals surface area contributed by atoms with Crippen LogP contribution in [0.4, 0.5) is 5.69 Å². The molecule has 17 heavy (non-hydrogen) atoms. The molecule has 2 atom stereocenters. The van der Waals surface area contributed by atoms with Gasteiger partial charge in [0.15, 0.2) is 0 Å². The van der Waals surface area contributed by atoms with Crippen molar-refractivity contribution in [2.24, 2.45) is 5.92 Å². The van der Waals surface area contributed by atoms with E-state index in [1.165, 1.54) is 18.4 Å². The zero-order chi connectivity index (χ0) is 12.3. The quantitative estimate of drug-likeness (QED) is 0.836. The van der Waals surface area contributed by atoms with Gasteiger partial charge in [0, 0.05) is 5.69 Å². The van der Waals surface area contributed by atoms with Gasteiger partial charge in [-0.2, -0.15) is 0 Å². The van der Waals surface area contributed by atoms with Crippen molar-refractivity contribution in [2.45, 2.75) is 45.1 Å². The molecule has 1 saturated carbocycles. The van der Waals surface area contributed by atoms with Crippen molar-refractivity contribution < 1.29 is 5.11 Å². The summed E-state index contributed by atoms with van der Waals surface area (Å²) in [6.07, 6.45) is 4.62. The van der Waals surface area contributed by atoms with E-state index in [0.717, 1.165) is 24.4 Å². The molecule has 2 unspecified atom stereocenters. The summed E-state index contributed by atoms with van der Waals surface area (Å²) in [5.41, 5.74) is 2.31. The fraction of sp³-hybridized carbons (Fsp3) is 0.600. The van der Waals surface area contributed by atoms with Gasteiger partial charge in [-0.1, -0.05) is 31.0 Å². The minimum absolute atomic E-state index is 0.0874. The van der Waals surface area contributed by atoms with Gasteiger partial charge in [0.2, 0.25) is 0 Å². The molecule has 1 aliphatic rings. The van der Waals surface area contributed by atoms with Gasteiger partial charge in [0.25, 0.3) is 0 Å². The molecule has 0 bridgehead atoms. The number of anilines is 1. The van der Waals surface area contributed by atoms with Crippen molar-refractivity contribution in [3.8, 4) is 0 Å². The molecule has 2 heteroatoms. The van der Waals surface area contributed by atoms with E-state index in [-0.39, 0.29) is 12.1 Å². The average molecular weight is 233 g/mol. The fourth-order valence-electron chi connectivity index (χ4n) is 2.83. The van der Waals surface area contributed by atoms with Gasteiger partial charge >= 0.3 is 0 Å². The summed E-state index contributed by atoms with van der Waals surface area (Å²) < 4.78 is 0. The minimum atomic E-state index is -0.0874. The zero-order valence-electron chi connectivity index (χ0n) is 10.9. The number of hydrogen-bond donors (Lipinski definition) is 2. The Morgan fingerprint density at radius 2 is 2.06 bits per heavy atom. The molecule has 1 fully saturated rings. The van der Waals surface area contributed by atoms with Crippen LogP contribution in [-0.4, -0.2) is 17.3 Å². The molecular weight excluding hydrogens is 210 g/mol. The van der Waals surface area contributed by atoms with Crippen LogP contribution in [0.3, 0.4) is 0 Å². The predicted molar refractivity (Wildman–Crippen MR) is 72.3 cm³/mol. The Kier molecular flexibility index (Phi) is 3.72. The normalized spacial score (nSPS) is 28.3. The average Bonchev–Trinajstić information content (AvgIpc) is 2.76. The molecule has 1 aromatic carbocycles. The van der Waals surface area contributed by atoms with Gasteiger partial charge < -0.3 is 10.4 Å². The Balaban J connectivity index is 2.07. The number of nitrogens with one attached hydrogen (secondary N) is 1. The van der Waals surface area contributed by atoms with E-state index < -0.39 is 0 Å². The lowest BCUT2D eigenvalue weighted by molar-refractivity contribution is 0.210. The van der Waals surface area contributed by atoms with E-state index in [9.17, 15) is 5.11 Å². The van der Waals surface area contributed by atoms with Crippen LogP contribution in [0.1, 0.15) is 38.2 Å². The molecule has 0 heterocycles. The third-order valence-electron chi connectivity index (χ3n) is 4.05. The summed E-state index contributed by atoms with van der Waals surface area (Å²) >= 11 is 0. The second-order valence-electron chi connectivity index (χ2n) is 5.45. The highest BCUT2D eigenvalue weighted by atomic mass is 16.3. The van der Waals surface area contributed by atoms with Crippen LogP contribution in [0.5, 0.6) is 0 Å². The van der Waals surface area contributed by atoms with Crippen LogP contribution in [0.25, 0.3) is 0 Å². The number of aryl methyl sites for hydroxylation is 1. The maximum Gasteiger partial charge on any atom is 0.0661 e. The molecule has 0 aromatic heterocycles. The predicted octanol–water partition coefficient (Wildman–Crippen LogP) is 3.35. The number of hydrogen-bond acceptors (Lipinski definition) is 2. The van der Waals surface area contributed by atoms with Crippen LogP contribution in [0.15, 0.2) is 24.3 Å². The van der Waals surface area contributed by atoms with Gasteiger partial charge in [0.05, 0.1) is 12.1 Å². The number of aliphatic hydroxyl groups excluding tert-OH is 1. The zero-order valence-corrected chi connectivity index (χ0v) is 10.9. The number of benzene rings is 1. The Labute approximate surface area is 104 Å². The second-order valence-corrected chi connectivity index (χ2v) is 5.45. The first-order valence-electron chi connectivity index (χ1n) is 6.63. The van der Waals surface area contributed by atoms with Gasteiger partial charge in [-0.3, -0.25) is 0 Å². The van der Waals surface area contributed by atoms with Gasteiger partial charge in [-0.15, -0.1) is 0 Å². The van der Waals surface area contributed by atoms with E-state index in [0.29, 0.717) is 0 Å². The highest BCUT2D eigenvalue weighted by Crippen LogP contribution is 2.38. The fourth-order valence-corrected chi connectivity index (χ4v) is 2.83. The van der Waals surface area contributed by atoms with Crippen molar-refractivity contribution in [1.82, 2.24) is 0 Å². The third-order valence-corrected chi connectivity index (χ3v) is 4.05. The van der Waals surface area contributed by atoms with Crippen LogP contribution in [-0.2, 0) is 0 Å². The largest absolute Gasteiger partial charge is 0.394 e. The minimum Gasteiger partial charge on any atom is -0.394 e. The van der Waals surface area contributed by atoms with Gasteiger partial charge in [-0.05, 0) is 44.2 Å². The Morgan fingerprint density at radius 1 is 1.35 bits per heavy atom. The summed E-state index contributed by atoms with van der Waals surface area (Å²) in [6, 6.07) is 8.43. The van der Waals surface area contributed by atoms with Gasteiger partial charge in [0.1, 0.15) is 0 Å². The number of aliphatic hydroxyl groups is 1. The van der Waals surface area contributed by atoms with Crippen molar-refractivity contribution >= 4 is 5.69 Å². The molecule has 2 rings (SSSR count). The molecule has 0 saturated heterocycles. The smallest absolute Gasteiger partial charge is 0.0661 e. The molecule has 2 N–H and O–H groups in total. The molecule has 94 valence electrons. The summed E-state index contributed by atoms with van der Waals surface area (Å²) in [7, 11) is 0. The monoisotopic (exact) mass is 233 g/mol. The molecule has 2 nitrogen and oxygen atoms in total. The van der Waals surface area contributed by atoms with Crippen LogP contribution in [0, 0.1) is 12.8 Å². The lowest BCUT2D eigenvalue weighted by Crippen LogP contribution is -2.39. The summed E-state index contributed by atoms with van der Waals surface area (Å²) in [4.78, 5) is 0. The van der Waals surface area contributed by atoms with Crippen LogP contribution < -0.4 is 5.32 Å². The van der Waals surface area contributed by atoms with E-state index in [1.807, 2.05) is 0 Å². The summed E-state index contributed by atoms with van der Waals surface area (Å²) in [6.45, 7) is 4.57. The first-order valence-corrected chi connectivity index (χ1v) is 6.63. The van der Waals surface area contributed by atoms with E-state index in [4.69, 9.17) is 0 Å². The van der Waals surface area contributed by atoms with Crippen LogP contribution in [0.2, 0.25) is 0 Å². The first-order chi connectivity index (χ1) is 8.17. The van der Waals surface area contributed by atoms with Crippen molar-refractivity contribution in [3.63, 3.8) is 0 Å².